The summed E-state index contributed by atoms with van der Waals surface area (Å²) < 4.78 is 10.5. The Bertz CT molecular complexity index is 777. The van der Waals surface area contributed by atoms with Crippen LogP contribution in [0.5, 0.6) is 11.5 Å². The monoisotopic (exact) mass is 369 g/mol. The summed E-state index contributed by atoms with van der Waals surface area (Å²) in [5.41, 5.74) is 2.43. The van der Waals surface area contributed by atoms with Crippen molar-refractivity contribution in [1.29, 1.82) is 0 Å². The number of carbonyl (C=O) groups excluding carboxylic acids is 1. The summed E-state index contributed by atoms with van der Waals surface area (Å²) in [6.45, 7) is 4.77. The van der Waals surface area contributed by atoms with Crippen LogP contribution in [-0.2, 0) is 6.54 Å². The molecule has 27 heavy (non-hydrogen) atoms. The topological polar surface area (TPSA) is 63.7 Å². The molecule has 1 amide bonds. The van der Waals surface area contributed by atoms with E-state index in [2.05, 4.69) is 22.1 Å². The molecule has 1 aromatic carbocycles. The first kappa shape index (κ1) is 19.0. The maximum Gasteiger partial charge on any atom is 0.270 e. The van der Waals surface area contributed by atoms with E-state index in [1.165, 1.54) is 12.8 Å². The molecule has 1 fully saturated rings. The van der Waals surface area contributed by atoms with Crippen molar-refractivity contribution in [2.75, 3.05) is 32.2 Å². The first-order chi connectivity index (χ1) is 13.1. The number of nitrogens with zero attached hydrogens (tertiary/aromatic N) is 2. The third-order valence-corrected chi connectivity index (χ3v) is 4.90. The second kappa shape index (κ2) is 8.75. The highest BCUT2D eigenvalue weighted by Crippen LogP contribution is 2.27. The van der Waals surface area contributed by atoms with Crippen LogP contribution >= 0.6 is 0 Å². The number of hydrogen-bond donors (Lipinski definition) is 1. The van der Waals surface area contributed by atoms with Gasteiger partial charge in [-0.15, -0.1) is 0 Å². The molecule has 0 aliphatic carbocycles. The summed E-state index contributed by atoms with van der Waals surface area (Å²) in [5.74, 6) is 1.81. The van der Waals surface area contributed by atoms with Gasteiger partial charge in [0.05, 0.1) is 26.1 Å². The molecule has 1 N–H and O–H groups in total. The van der Waals surface area contributed by atoms with Crippen molar-refractivity contribution in [3.8, 4) is 11.5 Å². The largest absolute Gasteiger partial charge is 0.493 e. The maximum atomic E-state index is 12.4. The van der Waals surface area contributed by atoms with Gasteiger partial charge in [-0.3, -0.25) is 4.79 Å². The van der Waals surface area contributed by atoms with Crippen molar-refractivity contribution >= 4 is 11.6 Å². The molecule has 1 saturated heterocycles. The lowest BCUT2D eigenvalue weighted by Crippen LogP contribution is -2.34. The van der Waals surface area contributed by atoms with E-state index in [0.29, 0.717) is 29.7 Å². The maximum absolute atomic E-state index is 12.4. The molecule has 1 aliphatic rings. The van der Waals surface area contributed by atoms with Gasteiger partial charge < -0.3 is 19.7 Å². The van der Waals surface area contributed by atoms with Crippen molar-refractivity contribution < 1.29 is 14.3 Å². The van der Waals surface area contributed by atoms with Gasteiger partial charge in [0.25, 0.3) is 5.91 Å². The van der Waals surface area contributed by atoms with Crippen LogP contribution in [0.15, 0.2) is 36.5 Å². The van der Waals surface area contributed by atoms with E-state index in [4.69, 9.17) is 9.47 Å². The van der Waals surface area contributed by atoms with Crippen molar-refractivity contribution in [3.63, 3.8) is 0 Å². The number of aromatic nitrogens is 1. The third kappa shape index (κ3) is 4.70. The van der Waals surface area contributed by atoms with E-state index in [-0.39, 0.29) is 5.91 Å². The van der Waals surface area contributed by atoms with E-state index in [1.807, 2.05) is 24.3 Å². The standard InChI is InChI=1S/C21H27N3O3/c1-15-5-4-10-24(14-15)17-7-8-18(22-13-17)21(25)23-12-16-6-9-19(26-2)20(11-16)27-3/h6-9,11,13,15H,4-5,10,12,14H2,1-3H3,(H,23,25). The van der Waals surface area contributed by atoms with Crippen LogP contribution in [0.4, 0.5) is 5.69 Å². The number of pyridine rings is 1. The summed E-state index contributed by atoms with van der Waals surface area (Å²) in [6, 6.07) is 9.35. The fraction of sp³-hybridized carbons (Fsp3) is 0.429. The second-order valence-corrected chi connectivity index (χ2v) is 6.97. The highest BCUT2D eigenvalue weighted by molar-refractivity contribution is 5.92. The molecule has 0 spiro atoms. The van der Waals surface area contributed by atoms with Gasteiger partial charge in [-0.1, -0.05) is 13.0 Å². The molecular weight excluding hydrogens is 342 g/mol. The third-order valence-electron chi connectivity index (χ3n) is 4.90. The molecule has 6 nitrogen and oxygen atoms in total. The Morgan fingerprint density at radius 1 is 1.22 bits per heavy atom. The lowest BCUT2D eigenvalue weighted by molar-refractivity contribution is 0.0946. The van der Waals surface area contributed by atoms with Crippen LogP contribution in [0.2, 0.25) is 0 Å². The molecular formula is C21H27N3O3. The molecule has 144 valence electrons. The first-order valence-electron chi connectivity index (χ1n) is 9.31. The second-order valence-electron chi connectivity index (χ2n) is 6.97. The van der Waals surface area contributed by atoms with Crippen LogP contribution in [0.3, 0.4) is 0 Å². The molecule has 2 aromatic rings. The zero-order chi connectivity index (χ0) is 19.2. The normalized spacial score (nSPS) is 16.7. The highest BCUT2D eigenvalue weighted by atomic mass is 16.5. The van der Waals surface area contributed by atoms with Crippen molar-refractivity contribution in [2.45, 2.75) is 26.3 Å². The van der Waals surface area contributed by atoms with E-state index in [0.717, 1.165) is 24.3 Å². The number of carbonyl (C=O) groups is 1. The number of ether oxygens (including phenoxy) is 2. The number of benzene rings is 1. The Morgan fingerprint density at radius 2 is 2.04 bits per heavy atom. The Kier molecular flexibility index (Phi) is 6.16. The number of anilines is 1. The van der Waals surface area contributed by atoms with Crippen LogP contribution in [-0.4, -0.2) is 38.2 Å². The van der Waals surface area contributed by atoms with Gasteiger partial charge >= 0.3 is 0 Å². The van der Waals surface area contributed by atoms with Crippen molar-refractivity contribution in [3.05, 3.63) is 47.8 Å². The van der Waals surface area contributed by atoms with Gasteiger partial charge in [-0.25, -0.2) is 4.98 Å². The predicted octanol–water partition coefficient (Wildman–Crippen LogP) is 3.27. The van der Waals surface area contributed by atoms with Crippen LogP contribution in [0, 0.1) is 5.92 Å². The molecule has 1 atom stereocenters. The smallest absolute Gasteiger partial charge is 0.270 e. The summed E-state index contributed by atoms with van der Waals surface area (Å²) >= 11 is 0. The van der Waals surface area contributed by atoms with Gasteiger partial charge in [0.15, 0.2) is 11.5 Å². The van der Waals surface area contributed by atoms with Crippen LogP contribution < -0.4 is 19.7 Å². The minimum atomic E-state index is -0.191. The van der Waals surface area contributed by atoms with Gasteiger partial charge in [0.1, 0.15) is 5.69 Å². The lowest BCUT2D eigenvalue weighted by atomic mass is 10.00. The molecule has 3 rings (SSSR count). The molecule has 1 unspecified atom stereocenters. The lowest BCUT2D eigenvalue weighted by Gasteiger charge is -2.32. The Labute approximate surface area is 160 Å². The summed E-state index contributed by atoms with van der Waals surface area (Å²) in [6.07, 6.45) is 4.28. The van der Waals surface area contributed by atoms with Gasteiger partial charge in [-0.05, 0) is 48.6 Å². The van der Waals surface area contributed by atoms with E-state index in [1.54, 1.807) is 26.5 Å². The molecule has 0 radical (unpaired) electrons. The zero-order valence-electron chi connectivity index (χ0n) is 16.2. The summed E-state index contributed by atoms with van der Waals surface area (Å²) in [5, 5.41) is 2.90. The number of amides is 1. The molecule has 1 aromatic heterocycles. The predicted molar refractivity (Wildman–Crippen MR) is 106 cm³/mol. The summed E-state index contributed by atoms with van der Waals surface area (Å²) in [4.78, 5) is 19.1. The Balaban J connectivity index is 1.59. The number of methoxy groups -OCH3 is 2. The average molecular weight is 369 g/mol. The molecule has 2 heterocycles. The molecule has 6 heteroatoms. The minimum absolute atomic E-state index is 0.191. The fourth-order valence-electron chi connectivity index (χ4n) is 3.39. The van der Waals surface area contributed by atoms with Crippen molar-refractivity contribution in [2.24, 2.45) is 5.92 Å². The van der Waals surface area contributed by atoms with E-state index < -0.39 is 0 Å². The van der Waals surface area contributed by atoms with Crippen molar-refractivity contribution in [1.82, 2.24) is 10.3 Å². The summed E-state index contributed by atoms with van der Waals surface area (Å²) in [7, 11) is 3.19. The molecule has 0 bridgehead atoms. The minimum Gasteiger partial charge on any atom is -0.493 e. The fourth-order valence-corrected chi connectivity index (χ4v) is 3.39. The van der Waals surface area contributed by atoms with Crippen LogP contribution in [0.1, 0.15) is 35.8 Å². The number of piperidine rings is 1. The molecule has 1 aliphatic heterocycles. The van der Waals surface area contributed by atoms with E-state index in [9.17, 15) is 4.79 Å². The highest BCUT2D eigenvalue weighted by Gasteiger charge is 2.17. The number of nitrogens with one attached hydrogen (secondary N) is 1. The van der Waals surface area contributed by atoms with Gasteiger partial charge in [0.2, 0.25) is 0 Å². The average Bonchev–Trinajstić information content (AvgIpc) is 2.71. The number of hydrogen-bond acceptors (Lipinski definition) is 5. The molecule has 0 saturated carbocycles. The Hall–Kier alpha value is -2.76. The van der Waals surface area contributed by atoms with Gasteiger partial charge in [0, 0.05) is 19.6 Å². The van der Waals surface area contributed by atoms with Gasteiger partial charge in [-0.2, -0.15) is 0 Å². The Morgan fingerprint density at radius 3 is 2.70 bits per heavy atom. The first-order valence-corrected chi connectivity index (χ1v) is 9.31. The number of rotatable bonds is 6. The zero-order valence-corrected chi connectivity index (χ0v) is 16.2. The SMILES string of the molecule is COc1ccc(CNC(=O)c2ccc(N3CCCC(C)C3)cn2)cc1OC. The quantitative estimate of drug-likeness (QED) is 0.847. The van der Waals surface area contributed by atoms with E-state index >= 15 is 0 Å². The van der Waals surface area contributed by atoms with Crippen LogP contribution in [0.25, 0.3) is 0 Å².